The number of hydrogen-bond acceptors (Lipinski definition) is 2. The van der Waals surface area contributed by atoms with E-state index in [1.165, 1.54) is 31.2 Å². The van der Waals surface area contributed by atoms with Gasteiger partial charge in [-0.15, -0.1) is 0 Å². The second kappa shape index (κ2) is 5.96. The van der Waals surface area contributed by atoms with Gasteiger partial charge in [-0.25, -0.2) is 0 Å². The van der Waals surface area contributed by atoms with E-state index in [1.54, 1.807) is 0 Å². The Bertz CT molecular complexity index is 469. The summed E-state index contributed by atoms with van der Waals surface area (Å²) in [6, 6.07) is 8.73. The van der Waals surface area contributed by atoms with Crippen LogP contribution in [0.25, 0.3) is 0 Å². The molecule has 1 saturated carbocycles. The van der Waals surface area contributed by atoms with E-state index in [1.807, 2.05) is 18.2 Å². The molecule has 0 spiro atoms. The highest BCUT2D eigenvalue weighted by Crippen LogP contribution is 2.36. The molecule has 0 bridgehead atoms. The van der Waals surface area contributed by atoms with Gasteiger partial charge in [-0.2, -0.15) is 0 Å². The highest BCUT2D eigenvalue weighted by atomic mass is 15.1. The van der Waals surface area contributed by atoms with Crippen LogP contribution < -0.4 is 5.73 Å². The zero-order valence-electron chi connectivity index (χ0n) is 12.9. The van der Waals surface area contributed by atoms with E-state index in [0.29, 0.717) is 11.5 Å². The molecule has 0 radical (unpaired) electrons. The monoisotopic (exact) mass is 273 g/mol. The fourth-order valence-electron chi connectivity index (χ4n) is 3.08. The van der Waals surface area contributed by atoms with Crippen molar-refractivity contribution in [2.24, 2.45) is 11.1 Å². The Morgan fingerprint density at radius 1 is 1.35 bits per heavy atom. The van der Waals surface area contributed by atoms with Crippen LogP contribution in [-0.2, 0) is 6.54 Å². The summed E-state index contributed by atoms with van der Waals surface area (Å²) in [5.41, 5.74) is 8.14. The fourth-order valence-corrected chi connectivity index (χ4v) is 3.08. The van der Waals surface area contributed by atoms with Crippen LogP contribution in [0.5, 0.6) is 0 Å². The summed E-state index contributed by atoms with van der Waals surface area (Å²) in [4.78, 5) is 2.45. The number of nitrogens with zero attached hydrogens (tertiary/aromatic N) is 1. The maximum absolute atomic E-state index is 7.52. The summed E-state index contributed by atoms with van der Waals surface area (Å²) in [6.07, 6.45) is 5.21. The molecule has 1 aromatic carbocycles. The summed E-state index contributed by atoms with van der Waals surface area (Å²) >= 11 is 0. The average Bonchev–Trinajstić information content (AvgIpc) is 2.38. The standard InChI is InChI=1S/C17H27N3/c1-17(2)9-7-15(8-10-17)20(3)12-13-5-4-6-14(11-13)16(18)19/h4-6,11,15H,7-10,12H2,1-3H3,(H3,18,19). The Morgan fingerprint density at radius 3 is 2.60 bits per heavy atom. The van der Waals surface area contributed by atoms with Gasteiger partial charge >= 0.3 is 0 Å². The van der Waals surface area contributed by atoms with Crippen LogP contribution in [0, 0.1) is 10.8 Å². The number of nitrogens with two attached hydrogens (primary N) is 1. The Balaban J connectivity index is 1.96. The van der Waals surface area contributed by atoms with E-state index in [-0.39, 0.29) is 5.84 Å². The lowest BCUT2D eigenvalue weighted by Gasteiger charge is -2.38. The molecule has 3 heteroatoms. The van der Waals surface area contributed by atoms with Crippen molar-refractivity contribution in [3.63, 3.8) is 0 Å². The molecule has 0 heterocycles. The number of benzene rings is 1. The molecule has 3 nitrogen and oxygen atoms in total. The van der Waals surface area contributed by atoms with Gasteiger partial charge in [0, 0.05) is 18.2 Å². The molecule has 1 aliphatic rings. The Kier molecular flexibility index (Phi) is 4.48. The first-order valence-electron chi connectivity index (χ1n) is 7.51. The lowest BCUT2D eigenvalue weighted by molar-refractivity contribution is 0.123. The first kappa shape index (κ1) is 15.0. The van der Waals surface area contributed by atoms with Gasteiger partial charge in [0.05, 0.1) is 0 Å². The van der Waals surface area contributed by atoms with Gasteiger partial charge in [0.2, 0.25) is 0 Å². The van der Waals surface area contributed by atoms with Crippen molar-refractivity contribution in [3.8, 4) is 0 Å². The normalized spacial score (nSPS) is 19.2. The van der Waals surface area contributed by atoms with Crippen molar-refractivity contribution < 1.29 is 0 Å². The van der Waals surface area contributed by atoms with Crippen molar-refractivity contribution in [2.75, 3.05) is 7.05 Å². The number of nitrogens with one attached hydrogen (secondary N) is 1. The van der Waals surface area contributed by atoms with E-state index in [4.69, 9.17) is 11.1 Å². The maximum atomic E-state index is 7.52. The predicted molar refractivity (Wildman–Crippen MR) is 85.0 cm³/mol. The van der Waals surface area contributed by atoms with Crippen LogP contribution in [0.4, 0.5) is 0 Å². The minimum absolute atomic E-state index is 0.147. The van der Waals surface area contributed by atoms with Crippen molar-refractivity contribution in [1.29, 1.82) is 5.41 Å². The van der Waals surface area contributed by atoms with Crippen molar-refractivity contribution >= 4 is 5.84 Å². The summed E-state index contributed by atoms with van der Waals surface area (Å²) in [5.74, 6) is 0.147. The molecule has 1 aromatic rings. The molecule has 1 fully saturated rings. The smallest absolute Gasteiger partial charge is 0.122 e. The zero-order valence-corrected chi connectivity index (χ0v) is 12.9. The molecule has 3 N–H and O–H groups in total. The molecule has 0 aromatic heterocycles. The molecule has 0 aliphatic heterocycles. The Hall–Kier alpha value is -1.35. The van der Waals surface area contributed by atoms with Crippen molar-refractivity contribution in [3.05, 3.63) is 35.4 Å². The van der Waals surface area contributed by atoms with E-state index < -0.39 is 0 Å². The van der Waals surface area contributed by atoms with E-state index >= 15 is 0 Å². The van der Waals surface area contributed by atoms with Crippen LogP contribution in [0.15, 0.2) is 24.3 Å². The summed E-state index contributed by atoms with van der Waals surface area (Å²) in [7, 11) is 2.21. The lowest BCUT2D eigenvalue weighted by Crippen LogP contribution is -2.36. The number of amidine groups is 1. The Morgan fingerprint density at radius 2 is 2.00 bits per heavy atom. The highest BCUT2D eigenvalue weighted by molar-refractivity contribution is 5.95. The molecule has 0 amide bonds. The summed E-state index contributed by atoms with van der Waals surface area (Å²) < 4.78 is 0. The fraction of sp³-hybridized carbons (Fsp3) is 0.588. The number of rotatable bonds is 4. The molecule has 0 atom stereocenters. The van der Waals surface area contributed by atoms with Crippen LogP contribution >= 0.6 is 0 Å². The molecule has 0 saturated heterocycles. The van der Waals surface area contributed by atoms with Crippen LogP contribution in [0.2, 0.25) is 0 Å². The van der Waals surface area contributed by atoms with E-state index in [2.05, 4.69) is 31.9 Å². The topological polar surface area (TPSA) is 53.1 Å². The van der Waals surface area contributed by atoms with Crippen LogP contribution in [0.1, 0.15) is 50.7 Å². The molecular formula is C17H27N3. The van der Waals surface area contributed by atoms with Gasteiger partial charge in [-0.05, 0) is 49.8 Å². The van der Waals surface area contributed by atoms with Gasteiger partial charge in [-0.3, -0.25) is 10.3 Å². The van der Waals surface area contributed by atoms with Gasteiger partial charge in [-0.1, -0.05) is 32.0 Å². The quantitative estimate of drug-likeness (QED) is 0.653. The maximum Gasteiger partial charge on any atom is 0.122 e. The average molecular weight is 273 g/mol. The molecule has 20 heavy (non-hydrogen) atoms. The third-order valence-electron chi connectivity index (χ3n) is 4.60. The van der Waals surface area contributed by atoms with Crippen molar-refractivity contribution in [1.82, 2.24) is 4.90 Å². The predicted octanol–water partition coefficient (Wildman–Crippen LogP) is 3.37. The first-order valence-corrected chi connectivity index (χ1v) is 7.51. The molecule has 0 unspecified atom stereocenters. The third-order valence-corrected chi connectivity index (χ3v) is 4.60. The third kappa shape index (κ3) is 3.83. The lowest BCUT2D eigenvalue weighted by atomic mass is 9.75. The summed E-state index contributed by atoms with van der Waals surface area (Å²) in [5, 5.41) is 7.52. The van der Waals surface area contributed by atoms with Gasteiger partial charge in [0.1, 0.15) is 5.84 Å². The molecule has 2 rings (SSSR count). The van der Waals surface area contributed by atoms with E-state index in [0.717, 1.165) is 12.1 Å². The Labute approximate surface area is 122 Å². The summed E-state index contributed by atoms with van der Waals surface area (Å²) in [6.45, 7) is 5.69. The van der Waals surface area contributed by atoms with Gasteiger partial charge < -0.3 is 5.73 Å². The second-order valence-electron chi connectivity index (χ2n) is 6.92. The van der Waals surface area contributed by atoms with Gasteiger partial charge in [0.15, 0.2) is 0 Å². The molecule has 1 aliphatic carbocycles. The van der Waals surface area contributed by atoms with Gasteiger partial charge in [0.25, 0.3) is 0 Å². The van der Waals surface area contributed by atoms with Crippen LogP contribution in [-0.4, -0.2) is 23.8 Å². The number of hydrogen-bond donors (Lipinski definition) is 2. The number of nitrogen functional groups attached to an aromatic ring is 1. The molecular weight excluding hydrogens is 246 g/mol. The zero-order chi connectivity index (χ0) is 14.8. The molecule has 110 valence electrons. The second-order valence-corrected chi connectivity index (χ2v) is 6.92. The first-order chi connectivity index (χ1) is 9.37. The largest absolute Gasteiger partial charge is 0.384 e. The minimum atomic E-state index is 0.147. The SMILES string of the molecule is CN(Cc1cccc(C(=N)N)c1)C1CCC(C)(C)CC1. The minimum Gasteiger partial charge on any atom is -0.384 e. The van der Waals surface area contributed by atoms with Crippen molar-refractivity contribution in [2.45, 2.75) is 52.1 Å². The highest BCUT2D eigenvalue weighted by Gasteiger charge is 2.28. The van der Waals surface area contributed by atoms with Crippen LogP contribution in [0.3, 0.4) is 0 Å². The van der Waals surface area contributed by atoms with E-state index in [9.17, 15) is 0 Å².